The third-order valence-electron chi connectivity index (χ3n) is 0.989. The van der Waals surface area contributed by atoms with E-state index in [1.165, 1.54) is 6.47 Å². The molecule has 0 saturated heterocycles. The van der Waals surface area contributed by atoms with Crippen molar-refractivity contribution in [2.45, 2.75) is 31.6 Å². The number of hydrogen-bond acceptors (Lipinski definition) is 3. The van der Waals surface area contributed by atoms with Crippen molar-refractivity contribution in [2.24, 2.45) is 0 Å². The second-order valence-corrected chi connectivity index (χ2v) is 2.37. The average molecular weight is 147 g/mol. The number of unbranched alkanes of at least 4 members (excludes halogenated alkanes) is 1. The van der Waals surface area contributed by atoms with Gasteiger partial charge in [0, 0.05) is 0 Å². The van der Waals surface area contributed by atoms with Crippen LogP contribution in [0.25, 0.3) is 0 Å². The predicted octanol–water partition coefficient (Wildman–Crippen LogP) is 1.52. The summed E-state index contributed by atoms with van der Waals surface area (Å²) in [5.41, 5.74) is -0.262. The SMILES string of the molecule is CCCCC(S)O[C]=O. The predicted molar refractivity (Wildman–Crippen MR) is 39.1 cm³/mol. The first-order chi connectivity index (χ1) is 4.31. The summed E-state index contributed by atoms with van der Waals surface area (Å²) in [5.74, 6) is 0. The van der Waals surface area contributed by atoms with Crippen molar-refractivity contribution in [1.29, 1.82) is 0 Å². The van der Waals surface area contributed by atoms with Crippen LogP contribution in [0.5, 0.6) is 0 Å². The van der Waals surface area contributed by atoms with Crippen molar-refractivity contribution in [3.05, 3.63) is 0 Å². The molecule has 0 N–H and O–H groups in total. The lowest BCUT2D eigenvalue weighted by atomic mass is 10.3. The van der Waals surface area contributed by atoms with Crippen LogP contribution in [0.3, 0.4) is 0 Å². The largest absolute Gasteiger partial charge is 0.443 e. The van der Waals surface area contributed by atoms with Crippen LogP contribution < -0.4 is 0 Å². The minimum atomic E-state index is -0.262. The van der Waals surface area contributed by atoms with E-state index < -0.39 is 0 Å². The fourth-order valence-electron chi connectivity index (χ4n) is 0.493. The Morgan fingerprint density at radius 2 is 2.44 bits per heavy atom. The lowest BCUT2D eigenvalue weighted by Crippen LogP contribution is -2.02. The van der Waals surface area contributed by atoms with E-state index in [-0.39, 0.29) is 5.44 Å². The molecule has 3 heteroatoms. The normalized spacial score (nSPS) is 12.7. The first-order valence-corrected chi connectivity index (χ1v) is 3.53. The number of rotatable bonds is 5. The van der Waals surface area contributed by atoms with Gasteiger partial charge in [-0.05, 0) is 12.8 Å². The lowest BCUT2D eigenvalue weighted by molar-refractivity contribution is 0.242. The van der Waals surface area contributed by atoms with Crippen LogP contribution in [0.4, 0.5) is 0 Å². The smallest absolute Gasteiger partial charge is 0.418 e. The van der Waals surface area contributed by atoms with E-state index in [4.69, 9.17) is 0 Å². The van der Waals surface area contributed by atoms with Crippen LogP contribution in [0.2, 0.25) is 0 Å². The van der Waals surface area contributed by atoms with Gasteiger partial charge in [-0.1, -0.05) is 13.3 Å². The Hall–Kier alpha value is -0.180. The molecule has 0 spiro atoms. The topological polar surface area (TPSA) is 26.3 Å². The van der Waals surface area contributed by atoms with E-state index in [1.54, 1.807) is 0 Å². The second kappa shape index (κ2) is 5.95. The van der Waals surface area contributed by atoms with Crippen LogP contribution in [-0.2, 0) is 9.53 Å². The molecule has 1 radical (unpaired) electrons. The highest BCUT2D eigenvalue weighted by atomic mass is 32.1. The van der Waals surface area contributed by atoms with Gasteiger partial charge < -0.3 is 4.74 Å². The minimum Gasteiger partial charge on any atom is -0.443 e. The van der Waals surface area contributed by atoms with Gasteiger partial charge in [0.1, 0.15) is 5.44 Å². The maximum atomic E-state index is 9.58. The highest BCUT2D eigenvalue weighted by molar-refractivity contribution is 7.80. The van der Waals surface area contributed by atoms with Crippen LogP contribution in [-0.4, -0.2) is 11.9 Å². The van der Waals surface area contributed by atoms with Gasteiger partial charge >= 0.3 is 6.47 Å². The lowest BCUT2D eigenvalue weighted by Gasteiger charge is -2.04. The highest BCUT2D eigenvalue weighted by Gasteiger charge is 1.99. The Kier molecular flexibility index (Phi) is 5.83. The molecule has 0 rings (SSSR count). The molecule has 9 heavy (non-hydrogen) atoms. The zero-order chi connectivity index (χ0) is 7.11. The molecule has 0 aliphatic carbocycles. The third kappa shape index (κ3) is 5.69. The van der Waals surface area contributed by atoms with Crippen LogP contribution in [0, 0.1) is 0 Å². The summed E-state index contributed by atoms with van der Waals surface area (Å²) in [6.07, 6.45) is 2.95. The van der Waals surface area contributed by atoms with Gasteiger partial charge in [0.2, 0.25) is 0 Å². The zero-order valence-corrected chi connectivity index (χ0v) is 6.36. The van der Waals surface area contributed by atoms with Gasteiger partial charge in [-0.2, -0.15) is 0 Å². The second-order valence-electron chi connectivity index (χ2n) is 1.80. The summed E-state index contributed by atoms with van der Waals surface area (Å²) in [6, 6.07) is 0. The minimum absolute atomic E-state index is 0.262. The molecule has 2 nitrogen and oxygen atoms in total. The molecule has 0 aromatic heterocycles. The summed E-state index contributed by atoms with van der Waals surface area (Å²) >= 11 is 3.96. The van der Waals surface area contributed by atoms with Crippen molar-refractivity contribution in [3.63, 3.8) is 0 Å². The van der Waals surface area contributed by atoms with Crippen molar-refractivity contribution in [1.82, 2.24) is 0 Å². The molecule has 0 heterocycles. The van der Waals surface area contributed by atoms with Gasteiger partial charge in [-0.25, -0.2) is 4.79 Å². The summed E-state index contributed by atoms with van der Waals surface area (Å²) in [7, 11) is 0. The molecule has 0 aromatic carbocycles. The molecule has 0 aromatic rings. The van der Waals surface area contributed by atoms with E-state index in [2.05, 4.69) is 24.3 Å². The summed E-state index contributed by atoms with van der Waals surface area (Å²) in [5, 5.41) is 0. The quantitative estimate of drug-likeness (QED) is 0.471. The fraction of sp³-hybridized carbons (Fsp3) is 0.833. The number of thiol groups is 1. The van der Waals surface area contributed by atoms with Crippen molar-refractivity contribution in [2.75, 3.05) is 0 Å². The molecule has 53 valence electrons. The fourth-order valence-corrected chi connectivity index (χ4v) is 0.719. The molecule has 0 aliphatic heterocycles. The number of hydrogen-bond donors (Lipinski definition) is 1. The van der Waals surface area contributed by atoms with E-state index in [0.717, 1.165) is 19.3 Å². The van der Waals surface area contributed by atoms with Crippen molar-refractivity contribution >= 4 is 19.1 Å². The molecular formula is C6H11O2S. The van der Waals surface area contributed by atoms with Crippen LogP contribution in [0.15, 0.2) is 0 Å². The van der Waals surface area contributed by atoms with Crippen LogP contribution in [0.1, 0.15) is 26.2 Å². The van der Waals surface area contributed by atoms with Gasteiger partial charge in [-0.3, -0.25) is 0 Å². The first-order valence-electron chi connectivity index (χ1n) is 3.02. The van der Waals surface area contributed by atoms with E-state index in [0.29, 0.717) is 0 Å². The van der Waals surface area contributed by atoms with E-state index in [9.17, 15) is 4.79 Å². The zero-order valence-electron chi connectivity index (χ0n) is 5.46. The molecule has 0 saturated carbocycles. The number of ether oxygens (including phenoxy) is 1. The Balaban J connectivity index is 3.04. The highest BCUT2D eigenvalue weighted by Crippen LogP contribution is 2.06. The number of carbonyl (C=O) groups excluding carboxylic acids is 1. The molecule has 1 unspecified atom stereocenters. The molecule has 0 aliphatic rings. The van der Waals surface area contributed by atoms with Gasteiger partial charge in [-0.15, -0.1) is 12.6 Å². The maximum Gasteiger partial charge on any atom is 0.418 e. The Morgan fingerprint density at radius 1 is 1.78 bits per heavy atom. The molecule has 0 amide bonds. The summed E-state index contributed by atoms with van der Waals surface area (Å²) in [6.45, 7) is 3.42. The molecule has 1 atom stereocenters. The average Bonchev–Trinajstić information content (AvgIpc) is 1.85. The first kappa shape index (κ1) is 8.82. The molecule has 0 bridgehead atoms. The molecule has 0 fully saturated rings. The Labute approximate surface area is 61.0 Å². The van der Waals surface area contributed by atoms with Crippen LogP contribution >= 0.6 is 12.6 Å². The Morgan fingerprint density at radius 3 is 2.89 bits per heavy atom. The van der Waals surface area contributed by atoms with Crippen molar-refractivity contribution in [3.8, 4) is 0 Å². The van der Waals surface area contributed by atoms with Crippen molar-refractivity contribution < 1.29 is 9.53 Å². The Bertz CT molecular complexity index is 75.5. The summed E-state index contributed by atoms with van der Waals surface area (Å²) in [4.78, 5) is 9.58. The van der Waals surface area contributed by atoms with E-state index in [1.807, 2.05) is 0 Å². The maximum absolute atomic E-state index is 9.58. The van der Waals surface area contributed by atoms with Gasteiger partial charge in [0.05, 0.1) is 0 Å². The standard InChI is InChI=1S/C6H11O2S/c1-2-3-4-6(9)8-5-7/h6,9H,2-4H2,1H3. The molecular weight excluding hydrogens is 136 g/mol. The third-order valence-corrected chi connectivity index (χ3v) is 1.35. The van der Waals surface area contributed by atoms with Gasteiger partial charge in [0.25, 0.3) is 0 Å². The van der Waals surface area contributed by atoms with E-state index >= 15 is 0 Å². The monoisotopic (exact) mass is 147 g/mol. The summed E-state index contributed by atoms with van der Waals surface area (Å²) < 4.78 is 4.40. The van der Waals surface area contributed by atoms with Gasteiger partial charge in [0.15, 0.2) is 0 Å².